The van der Waals surface area contributed by atoms with Gasteiger partial charge in [0.2, 0.25) is 5.91 Å². The van der Waals surface area contributed by atoms with E-state index >= 15 is 0 Å². The molecule has 1 rings (SSSR count). The van der Waals surface area contributed by atoms with E-state index in [4.69, 9.17) is 0 Å². The maximum absolute atomic E-state index is 10.6. The summed E-state index contributed by atoms with van der Waals surface area (Å²) in [7, 11) is 0. The van der Waals surface area contributed by atoms with Crippen molar-refractivity contribution in [2.24, 2.45) is 0 Å². The highest BCUT2D eigenvalue weighted by Gasteiger charge is 2.13. The predicted molar refractivity (Wildman–Crippen MR) is 55.7 cm³/mol. The van der Waals surface area contributed by atoms with E-state index in [-0.39, 0.29) is 5.91 Å². The number of piperazine rings is 1. The van der Waals surface area contributed by atoms with Gasteiger partial charge in [-0.2, -0.15) is 0 Å². The Kier molecular flexibility index (Phi) is 4.55. The largest absolute Gasteiger partial charge is 0.355 e. The molecule has 0 aromatic rings. The van der Waals surface area contributed by atoms with Crippen LogP contribution in [0.1, 0.15) is 6.92 Å². The van der Waals surface area contributed by atoms with Crippen molar-refractivity contribution in [3.63, 3.8) is 0 Å². The zero-order valence-electron chi connectivity index (χ0n) is 7.99. The van der Waals surface area contributed by atoms with Crippen molar-refractivity contribution < 1.29 is 4.79 Å². The van der Waals surface area contributed by atoms with Crippen LogP contribution in [0.4, 0.5) is 0 Å². The lowest BCUT2D eigenvalue weighted by molar-refractivity contribution is -0.119. The van der Waals surface area contributed by atoms with Gasteiger partial charge in [-0.15, -0.1) is 0 Å². The van der Waals surface area contributed by atoms with E-state index in [2.05, 4.69) is 23.0 Å². The van der Waals surface area contributed by atoms with Crippen molar-refractivity contribution in [2.45, 2.75) is 6.92 Å². The molecule has 0 saturated carbocycles. The molecule has 4 nitrogen and oxygen atoms in total. The molecule has 1 amide bonds. The summed E-state index contributed by atoms with van der Waals surface area (Å²) in [4.78, 5) is 12.9. The first-order valence-electron chi connectivity index (χ1n) is 4.59. The maximum atomic E-state index is 10.6. The lowest BCUT2D eigenvalue weighted by Gasteiger charge is -2.31. The molecule has 13 heavy (non-hydrogen) atoms. The van der Waals surface area contributed by atoms with Gasteiger partial charge in [0.15, 0.2) is 0 Å². The lowest BCUT2D eigenvalue weighted by atomic mass is 10.3. The minimum atomic E-state index is 0.0489. The van der Waals surface area contributed by atoms with Crippen molar-refractivity contribution in [2.75, 3.05) is 39.3 Å². The fourth-order valence-electron chi connectivity index (χ4n) is 1.35. The van der Waals surface area contributed by atoms with E-state index in [1.165, 1.54) is 0 Å². The SMILES string of the molecule is CC(=O)NCCN1CCN(S)CC1. The number of carbonyl (C=O) groups is 1. The minimum absolute atomic E-state index is 0.0489. The number of nitrogens with one attached hydrogen (secondary N) is 1. The molecule has 0 aromatic heterocycles. The van der Waals surface area contributed by atoms with Crippen LogP contribution in [-0.4, -0.2) is 54.4 Å². The van der Waals surface area contributed by atoms with Crippen LogP contribution in [0.3, 0.4) is 0 Å². The molecule has 1 fully saturated rings. The molecule has 0 aliphatic carbocycles. The highest BCUT2D eigenvalue weighted by Crippen LogP contribution is 2.01. The molecule has 0 radical (unpaired) electrons. The first kappa shape index (κ1) is 10.8. The molecule has 1 heterocycles. The molecule has 0 aromatic carbocycles. The second-order valence-electron chi connectivity index (χ2n) is 3.28. The number of rotatable bonds is 3. The average Bonchev–Trinajstić information content (AvgIpc) is 2.08. The Morgan fingerprint density at radius 3 is 2.54 bits per heavy atom. The van der Waals surface area contributed by atoms with Crippen molar-refractivity contribution in [1.29, 1.82) is 0 Å². The lowest BCUT2D eigenvalue weighted by Crippen LogP contribution is -2.45. The molecule has 0 atom stereocenters. The number of thiol groups is 1. The van der Waals surface area contributed by atoms with E-state index in [1.54, 1.807) is 6.92 Å². The Balaban J connectivity index is 2.05. The molecule has 5 heteroatoms. The van der Waals surface area contributed by atoms with Crippen LogP contribution < -0.4 is 5.32 Å². The summed E-state index contributed by atoms with van der Waals surface area (Å²) in [5.41, 5.74) is 0. The van der Waals surface area contributed by atoms with Gasteiger partial charge in [0, 0.05) is 46.2 Å². The summed E-state index contributed by atoms with van der Waals surface area (Å²) in [6.45, 7) is 7.34. The Bertz CT molecular complexity index is 169. The van der Waals surface area contributed by atoms with Gasteiger partial charge in [0.25, 0.3) is 0 Å². The molecule has 1 saturated heterocycles. The van der Waals surface area contributed by atoms with E-state index in [1.807, 2.05) is 4.31 Å². The monoisotopic (exact) mass is 203 g/mol. The fraction of sp³-hybridized carbons (Fsp3) is 0.875. The molecular weight excluding hydrogens is 186 g/mol. The number of hydrogen-bond donors (Lipinski definition) is 2. The van der Waals surface area contributed by atoms with Gasteiger partial charge in [0.1, 0.15) is 0 Å². The molecule has 1 aliphatic heterocycles. The van der Waals surface area contributed by atoms with Crippen molar-refractivity contribution >= 4 is 18.7 Å². The summed E-state index contributed by atoms with van der Waals surface area (Å²) in [5.74, 6) is 0.0489. The van der Waals surface area contributed by atoms with Crippen LogP contribution in [0.25, 0.3) is 0 Å². The maximum Gasteiger partial charge on any atom is 0.216 e. The molecular formula is C8H17N3OS. The number of carbonyl (C=O) groups excluding carboxylic acids is 1. The Hall–Kier alpha value is -0.260. The third-order valence-electron chi connectivity index (χ3n) is 2.15. The fourth-order valence-corrected chi connectivity index (χ4v) is 1.53. The third-order valence-corrected chi connectivity index (χ3v) is 2.55. The molecule has 0 unspecified atom stereocenters. The van der Waals surface area contributed by atoms with Gasteiger partial charge in [0.05, 0.1) is 0 Å². The molecule has 0 bridgehead atoms. The first-order valence-corrected chi connectivity index (χ1v) is 4.99. The van der Waals surface area contributed by atoms with E-state index in [9.17, 15) is 4.79 Å². The van der Waals surface area contributed by atoms with Crippen LogP contribution in [0.2, 0.25) is 0 Å². The van der Waals surface area contributed by atoms with E-state index < -0.39 is 0 Å². The van der Waals surface area contributed by atoms with Gasteiger partial charge in [-0.1, -0.05) is 12.8 Å². The standard InChI is InChI=1S/C8H17N3OS/c1-8(12)9-2-3-10-4-6-11(13)7-5-10/h13H,2-7H2,1H3,(H,9,12). The Labute approximate surface area is 84.8 Å². The predicted octanol–water partition coefficient (Wildman–Crippen LogP) is -0.415. The smallest absolute Gasteiger partial charge is 0.216 e. The second-order valence-corrected chi connectivity index (χ2v) is 3.84. The van der Waals surface area contributed by atoms with E-state index in [0.717, 1.165) is 39.3 Å². The van der Waals surface area contributed by atoms with Crippen LogP contribution >= 0.6 is 12.8 Å². The van der Waals surface area contributed by atoms with Gasteiger partial charge in [-0.3, -0.25) is 14.0 Å². The first-order chi connectivity index (χ1) is 6.18. The highest BCUT2D eigenvalue weighted by atomic mass is 32.1. The zero-order chi connectivity index (χ0) is 9.68. The number of hydrogen-bond acceptors (Lipinski definition) is 4. The third kappa shape index (κ3) is 4.50. The zero-order valence-corrected chi connectivity index (χ0v) is 8.89. The van der Waals surface area contributed by atoms with Gasteiger partial charge >= 0.3 is 0 Å². The number of nitrogens with zero attached hydrogens (tertiary/aromatic N) is 2. The molecule has 1 N–H and O–H groups in total. The molecule has 0 spiro atoms. The minimum Gasteiger partial charge on any atom is -0.355 e. The normalized spacial score (nSPS) is 20.2. The van der Waals surface area contributed by atoms with Crippen LogP contribution in [0.15, 0.2) is 0 Å². The topological polar surface area (TPSA) is 35.6 Å². The van der Waals surface area contributed by atoms with Crippen LogP contribution in [0, 0.1) is 0 Å². The van der Waals surface area contributed by atoms with Crippen LogP contribution in [-0.2, 0) is 4.79 Å². The number of amides is 1. The van der Waals surface area contributed by atoms with Gasteiger partial charge in [-0.25, -0.2) is 0 Å². The highest BCUT2D eigenvalue weighted by molar-refractivity contribution is 7.77. The second kappa shape index (κ2) is 5.47. The molecule has 1 aliphatic rings. The Morgan fingerprint density at radius 1 is 1.38 bits per heavy atom. The average molecular weight is 203 g/mol. The Morgan fingerprint density at radius 2 is 2.00 bits per heavy atom. The summed E-state index contributed by atoms with van der Waals surface area (Å²) in [6.07, 6.45) is 0. The van der Waals surface area contributed by atoms with Crippen LogP contribution in [0.5, 0.6) is 0 Å². The summed E-state index contributed by atoms with van der Waals surface area (Å²) in [5, 5.41) is 2.79. The summed E-state index contributed by atoms with van der Waals surface area (Å²) >= 11 is 4.26. The van der Waals surface area contributed by atoms with Gasteiger partial charge in [-0.05, 0) is 0 Å². The van der Waals surface area contributed by atoms with E-state index in [0.29, 0.717) is 0 Å². The van der Waals surface area contributed by atoms with Crippen molar-refractivity contribution in [3.8, 4) is 0 Å². The van der Waals surface area contributed by atoms with Crippen molar-refractivity contribution in [3.05, 3.63) is 0 Å². The molecule has 76 valence electrons. The van der Waals surface area contributed by atoms with Crippen molar-refractivity contribution in [1.82, 2.24) is 14.5 Å². The van der Waals surface area contributed by atoms with Gasteiger partial charge < -0.3 is 5.32 Å². The summed E-state index contributed by atoms with van der Waals surface area (Å²) < 4.78 is 2.02. The summed E-state index contributed by atoms with van der Waals surface area (Å²) in [6, 6.07) is 0. The quantitative estimate of drug-likeness (QED) is 0.612.